The van der Waals surface area contributed by atoms with Crippen LogP contribution in [0.15, 0.2) is 29.0 Å². The number of aliphatic hydroxyl groups is 1. The second-order valence-electron chi connectivity index (χ2n) is 4.28. The van der Waals surface area contributed by atoms with Crippen LogP contribution in [0.2, 0.25) is 0 Å². The van der Waals surface area contributed by atoms with Gasteiger partial charge in [0.1, 0.15) is 6.61 Å². The molecule has 0 aliphatic carbocycles. The van der Waals surface area contributed by atoms with Gasteiger partial charge in [0.2, 0.25) is 0 Å². The Morgan fingerprint density at radius 3 is 2.89 bits per heavy atom. The molecule has 0 spiro atoms. The van der Waals surface area contributed by atoms with Crippen molar-refractivity contribution < 1.29 is 5.11 Å². The van der Waals surface area contributed by atoms with E-state index in [0.29, 0.717) is 0 Å². The molecule has 2 rings (SSSR count). The van der Waals surface area contributed by atoms with Crippen LogP contribution < -0.4 is 0 Å². The highest BCUT2D eigenvalue weighted by Gasteiger charge is 2.06. The van der Waals surface area contributed by atoms with Gasteiger partial charge in [-0.15, -0.1) is 22.7 Å². The first-order valence-electron chi connectivity index (χ1n) is 6.16. The quantitative estimate of drug-likeness (QED) is 0.856. The van der Waals surface area contributed by atoms with Crippen molar-refractivity contribution in [2.75, 3.05) is 20.2 Å². The van der Waals surface area contributed by atoms with Crippen molar-refractivity contribution in [2.24, 2.45) is 0 Å². The van der Waals surface area contributed by atoms with Gasteiger partial charge in [-0.25, -0.2) is 0 Å². The third kappa shape index (κ3) is 4.48. The zero-order valence-corrected chi connectivity index (χ0v) is 12.6. The number of hydrogen-bond acceptors (Lipinski definition) is 4. The van der Waals surface area contributed by atoms with Crippen molar-refractivity contribution in [3.8, 4) is 11.8 Å². The molecule has 0 amide bonds. The maximum atomic E-state index is 8.75. The average molecular weight is 291 g/mol. The van der Waals surface area contributed by atoms with E-state index in [1.54, 1.807) is 11.3 Å². The monoisotopic (exact) mass is 291 g/mol. The maximum absolute atomic E-state index is 8.75. The van der Waals surface area contributed by atoms with E-state index in [1.807, 2.05) is 17.4 Å². The topological polar surface area (TPSA) is 23.5 Å². The summed E-state index contributed by atoms with van der Waals surface area (Å²) in [7, 11) is 2.14. The van der Waals surface area contributed by atoms with Crippen LogP contribution >= 0.6 is 22.7 Å². The highest BCUT2D eigenvalue weighted by molar-refractivity contribution is 7.10. The smallest absolute Gasteiger partial charge is 0.104 e. The first kappa shape index (κ1) is 14.3. The minimum absolute atomic E-state index is 0.0799. The Labute approximate surface area is 122 Å². The average Bonchev–Trinajstić information content (AvgIpc) is 3.05. The summed E-state index contributed by atoms with van der Waals surface area (Å²) in [6, 6.07) is 6.30. The van der Waals surface area contributed by atoms with E-state index in [2.05, 4.69) is 46.7 Å². The zero-order chi connectivity index (χ0) is 13.5. The fraction of sp³-hybridized carbons (Fsp3) is 0.333. The molecule has 0 radical (unpaired) electrons. The normalized spacial score (nSPS) is 10.5. The third-order valence-corrected chi connectivity index (χ3v) is 4.62. The predicted molar refractivity (Wildman–Crippen MR) is 82.6 cm³/mol. The summed E-state index contributed by atoms with van der Waals surface area (Å²) in [5.74, 6) is 5.72. The number of nitrogens with zero attached hydrogens (tertiary/aromatic N) is 1. The van der Waals surface area contributed by atoms with Crippen LogP contribution in [0.4, 0.5) is 0 Å². The third-order valence-electron chi connectivity index (χ3n) is 2.78. The van der Waals surface area contributed by atoms with Crippen LogP contribution in [0, 0.1) is 11.8 Å². The Kier molecular flexibility index (Phi) is 5.62. The van der Waals surface area contributed by atoms with Crippen molar-refractivity contribution in [1.82, 2.24) is 4.90 Å². The Morgan fingerprint density at radius 2 is 2.16 bits per heavy atom. The molecule has 0 bridgehead atoms. The largest absolute Gasteiger partial charge is 0.384 e. The molecule has 4 heteroatoms. The Balaban J connectivity index is 1.88. The summed E-state index contributed by atoms with van der Waals surface area (Å²) in [4.78, 5) is 5.02. The van der Waals surface area contributed by atoms with E-state index in [0.717, 1.165) is 25.1 Å². The van der Waals surface area contributed by atoms with Crippen molar-refractivity contribution in [3.05, 3.63) is 44.3 Å². The van der Waals surface area contributed by atoms with Gasteiger partial charge < -0.3 is 10.0 Å². The number of thiophene rings is 2. The fourth-order valence-corrected chi connectivity index (χ4v) is 3.40. The summed E-state index contributed by atoms with van der Waals surface area (Å²) in [6.07, 6.45) is 1.09. The van der Waals surface area contributed by atoms with Gasteiger partial charge in [-0.05, 0) is 36.4 Å². The molecule has 0 saturated carbocycles. The lowest BCUT2D eigenvalue weighted by Gasteiger charge is -2.15. The van der Waals surface area contributed by atoms with E-state index < -0.39 is 0 Å². The molecular weight excluding hydrogens is 274 g/mol. The molecule has 0 aliphatic rings. The van der Waals surface area contributed by atoms with Gasteiger partial charge in [0.25, 0.3) is 0 Å². The van der Waals surface area contributed by atoms with Gasteiger partial charge in [-0.3, -0.25) is 0 Å². The second-order valence-corrected chi connectivity index (χ2v) is 6.32. The van der Waals surface area contributed by atoms with Gasteiger partial charge in [0.05, 0.1) is 0 Å². The molecule has 19 heavy (non-hydrogen) atoms. The molecule has 0 fully saturated rings. The molecule has 2 nitrogen and oxygen atoms in total. The number of likely N-dealkylation sites (N-methyl/N-ethyl adjacent to an activating group) is 1. The molecule has 0 saturated heterocycles. The van der Waals surface area contributed by atoms with Crippen molar-refractivity contribution in [2.45, 2.75) is 13.0 Å². The maximum Gasteiger partial charge on any atom is 0.104 e. The van der Waals surface area contributed by atoms with Crippen LogP contribution in [0.1, 0.15) is 15.3 Å². The van der Waals surface area contributed by atoms with Crippen LogP contribution in [0.5, 0.6) is 0 Å². The lowest BCUT2D eigenvalue weighted by Crippen LogP contribution is -2.20. The van der Waals surface area contributed by atoms with Crippen molar-refractivity contribution in [1.29, 1.82) is 0 Å². The van der Waals surface area contributed by atoms with Gasteiger partial charge in [-0.2, -0.15) is 0 Å². The molecule has 0 atom stereocenters. The van der Waals surface area contributed by atoms with Crippen molar-refractivity contribution in [3.63, 3.8) is 0 Å². The Bertz CT molecular complexity index is 548. The van der Waals surface area contributed by atoms with E-state index >= 15 is 0 Å². The number of rotatable bonds is 5. The summed E-state index contributed by atoms with van der Waals surface area (Å²) in [5.41, 5.74) is 1.04. The minimum Gasteiger partial charge on any atom is -0.384 e. The standard InChI is InChI=1S/C15H17NOS2/c1-16(8-6-14-5-3-10-18-14)12-15-13(4-2-9-17)7-11-19-15/h3,5,7,10-11,17H,6,8-9,12H2,1H3. The molecule has 1 N–H and O–H groups in total. The van der Waals surface area contributed by atoms with E-state index in [1.165, 1.54) is 9.75 Å². The fourth-order valence-electron chi connectivity index (χ4n) is 1.79. The van der Waals surface area contributed by atoms with E-state index in [4.69, 9.17) is 5.11 Å². The highest BCUT2D eigenvalue weighted by Crippen LogP contribution is 2.18. The molecule has 100 valence electrons. The van der Waals surface area contributed by atoms with Gasteiger partial charge in [0.15, 0.2) is 0 Å². The Morgan fingerprint density at radius 1 is 1.26 bits per heavy atom. The van der Waals surface area contributed by atoms with Crippen LogP contribution in [-0.4, -0.2) is 30.2 Å². The zero-order valence-electron chi connectivity index (χ0n) is 10.9. The molecule has 2 aromatic rings. The molecule has 0 aromatic carbocycles. The number of aliphatic hydroxyl groups excluding tert-OH is 1. The molecule has 2 aromatic heterocycles. The first-order chi connectivity index (χ1) is 9.29. The first-order valence-corrected chi connectivity index (χ1v) is 7.92. The van der Waals surface area contributed by atoms with Crippen LogP contribution in [0.3, 0.4) is 0 Å². The molecule has 2 heterocycles. The summed E-state index contributed by atoms with van der Waals surface area (Å²) >= 11 is 3.54. The highest BCUT2D eigenvalue weighted by atomic mass is 32.1. The van der Waals surface area contributed by atoms with Gasteiger partial charge >= 0.3 is 0 Å². The SMILES string of the molecule is CN(CCc1cccs1)Cc1sccc1C#CCO. The summed E-state index contributed by atoms with van der Waals surface area (Å²) in [5, 5.41) is 12.9. The van der Waals surface area contributed by atoms with Crippen molar-refractivity contribution >= 4 is 22.7 Å². The number of hydrogen-bond donors (Lipinski definition) is 1. The molecule has 0 aliphatic heterocycles. The predicted octanol–water partition coefficient (Wildman–Crippen LogP) is 2.83. The lowest BCUT2D eigenvalue weighted by atomic mass is 10.2. The van der Waals surface area contributed by atoms with E-state index in [-0.39, 0.29) is 6.61 Å². The van der Waals surface area contributed by atoms with Crippen LogP contribution in [0.25, 0.3) is 0 Å². The van der Waals surface area contributed by atoms with Crippen LogP contribution in [-0.2, 0) is 13.0 Å². The minimum atomic E-state index is -0.0799. The van der Waals surface area contributed by atoms with Gasteiger partial charge in [-0.1, -0.05) is 17.9 Å². The van der Waals surface area contributed by atoms with E-state index in [9.17, 15) is 0 Å². The molecule has 0 unspecified atom stereocenters. The lowest BCUT2D eigenvalue weighted by molar-refractivity contribution is 0.334. The summed E-state index contributed by atoms with van der Waals surface area (Å²) < 4.78 is 0. The Hall–Kier alpha value is -1.12. The van der Waals surface area contributed by atoms with Gasteiger partial charge in [0, 0.05) is 28.4 Å². The second kappa shape index (κ2) is 7.46. The summed E-state index contributed by atoms with van der Waals surface area (Å²) in [6.45, 7) is 1.88. The molecular formula is C15H17NOS2.